The third-order valence-corrected chi connectivity index (χ3v) is 3.16. The number of nitrogens with one attached hydrogen (secondary N) is 1. The van der Waals surface area contributed by atoms with E-state index in [-0.39, 0.29) is 0 Å². The zero-order valence-corrected chi connectivity index (χ0v) is 9.99. The highest BCUT2D eigenvalue weighted by atomic mass is 32.2. The Kier molecular flexibility index (Phi) is 5.71. The molecule has 2 unspecified atom stereocenters. The zero-order valence-electron chi connectivity index (χ0n) is 9.17. The van der Waals surface area contributed by atoms with Crippen LogP contribution < -0.4 is 4.90 Å². The Morgan fingerprint density at radius 3 is 2.00 bits per heavy atom. The number of halogens is 3. The topological polar surface area (TPSA) is 61.6 Å². The van der Waals surface area contributed by atoms with Crippen LogP contribution in [-0.2, 0) is 10.1 Å². The van der Waals surface area contributed by atoms with Crippen LogP contribution in [0.15, 0.2) is 0 Å². The molecule has 0 amide bonds. The lowest BCUT2D eigenvalue weighted by Crippen LogP contribution is -3.10. The molecule has 2 atom stereocenters. The van der Waals surface area contributed by atoms with Gasteiger partial charge in [-0.25, -0.2) is 8.42 Å². The van der Waals surface area contributed by atoms with Gasteiger partial charge in [0.05, 0.1) is 19.6 Å². The molecular weight excluding hydrogens is 247 g/mol. The molecule has 0 aromatic carbocycles. The van der Waals surface area contributed by atoms with E-state index in [1.54, 1.807) is 4.90 Å². The maximum absolute atomic E-state index is 10.7. The second-order valence-corrected chi connectivity index (χ2v) is 5.11. The Hall–Kier alpha value is -0.340. The van der Waals surface area contributed by atoms with Gasteiger partial charge < -0.3 is 9.45 Å². The summed E-state index contributed by atoms with van der Waals surface area (Å²) in [5.41, 5.74) is -5.65. The quantitative estimate of drug-likeness (QED) is 0.540. The fourth-order valence-corrected chi connectivity index (χ4v) is 1.63. The molecule has 1 N–H and O–H groups in total. The van der Waals surface area contributed by atoms with Gasteiger partial charge in [-0.15, -0.1) is 0 Å². The van der Waals surface area contributed by atoms with Gasteiger partial charge in [0, 0.05) is 12.8 Å². The summed E-state index contributed by atoms with van der Waals surface area (Å²) in [6.07, 6.45) is 4.28. The minimum atomic E-state index is -6.09. The first-order valence-electron chi connectivity index (χ1n) is 4.94. The maximum Gasteiger partial charge on any atom is 0.485 e. The summed E-state index contributed by atoms with van der Waals surface area (Å²) in [6, 6.07) is 0.981. The van der Waals surface area contributed by atoms with E-state index in [1.807, 2.05) is 0 Å². The van der Waals surface area contributed by atoms with Crippen molar-refractivity contribution in [2.45, 2.75) is 37.7 Å². The van der Waals surface area contributed by atoms with E-state index in [4.69, 9.17) is 13.0 Å². The van der Waals surface area contributed by atoms with E-state index in [1.165, 1.54) is 25.8 Å². The minimum Gasteiger partial charge on any atom is -0.741 e. The van der Waals surface area contributed by atoms with E-state index in [9.17, 15) is 13.2 Å². The summed E-state index contributed by atoms with van der Waals surface area (Å²) in [6.45, 7) is 3.69. The third kappa shape index (κ3) is 5.13. The van der Waals surface area contributed by atoms with Crippen LogP contribution in [0.25, 0.3) is 0 Å². The number of rotatable bonds is 1. The fraction of sp³-hybridized carbons (Fsp3) is 1.00. The SMILES string of the molecule is CCC1CCC[NH+]1C.O=S(=O)([O-])C(F)(F)F. The molecule has 1 heterocycles. The average molecular weight is 263 g/mol. The molecular formula is C8H16F3NO3S. The normalized spacial score (nSPS) is 26.1. The van der Waals surface area contributed by atoms with Gasteiger partial charge in [-0.05, 0) is 6.42 Å². The van der Waals surface area contributed by atoms with Crippen LogP contribution in [0.4, 0.5) is 13.2 Å². The molecule has 1 saturated heterocycles. The number of quaternary nitrogens is 1. The third-order valence-electron chi connectivity index (χ3n) is 2.60. The van der Waals surface area contributed by atoms with Crippen LogP contribution in [0.3, 0.4) is 0 Å². The van der Waals surface area contributed by atoms with Crippen molar-refractivity contribution >= 4 is 10.1 Å². The second kappa shape index (κ2) is 5.83. The molecule has 0 bridgehead atoms. The summed E-state index contributed by atoms with van der Waals surface area (Å²) in [4.78, 5) is 1.74. The summed E-state index contributed by atoms with van der Waals surface area (Å²) >= 11 is 0. The molecule has 1 fully saturated rings. The lowest BCUT2D eigenvalue weighted by Gasteiger charge is -2.13. The molecule has 0 aliphatic carbocycles. The van der Waals surface area contributed by atoms with Gasteiger partial charge in [-0.3, -0.25) is 0 Å². The van der Waals surface area contributed by atoms with Gasteiger partial charge in [0.2, 0.25) is 0 Å². The van der Waals surface area contributed by atoms with Gasteiger partial charge in [-0.1, -0.05) is 6.92 Å². The van der Waals surface area contributed by atoms with Crippen LogP contribution in [0.2, 0.25) is 0 Å². The van der Waals surface area contributed by atoms with Crippen molar-refractivity contribution in [2.75, 3.05) is 13.6 Å². The van der Waals surface area contributed by atoms with Crippen LogP contribution in [0.5, 0.6) is 0 Å². The molecule has 8 heteroatoms. The molecule has 0 spiro atoms. The molecule has 4 nitrogen and oxygen atoms in total. The molecule has 0 aromatic heterocycles. The Labute approximate surface area is 93.2 Å². The molecule has 1 rings (SSSR count). The zero-order chi connectivity index (χ0) is 13.0. The number of likely N-dealkylation sites (tertiary alicyclic amines) is 1. The molecule has 16 heavy (non-hydrogen) atoms. The first-order chi connectivity index (χ1) is 7.09. The van der Waals surface area contributed by atoms with Crippen molar-refractivity contribution in [3.05, 3.63) is 0 Å². The van der Waals surface area contributed by atoms with Crippen molar-refractivity contribution in [3.63, 3.8) is 0 Å². The van der Waals surface area contributed by atoms with Gasteiger partial charge in [0.15, 0.2) is 10.1 Å². The van der Waals surface area contributed by atoms with E-state index < -0.39 is 15.6 Å². The predicted octanol–water partition coefficient (Wildman–Crippen LogP) is 0.125. The Balaban J connectivity index is 0.000000281. The highest BCUT2D eigenvalue weighted by molar-refractivity contribution is 7.86. The molecule has 1 aliphatic heterocycles. The molecule has 0 radical (unpaired) electrons. The monoisotopic (exact) mass is 263 g/mol. The van der Waals surface area contributed by atoms with Gasteiger partial charge >= 0.3 is 5.51 Å². The summed E-state index contributed by atoms with van der Waals surface area (Å²) in [5.74, 6) is 0. The van der Waals surface area contributed by atoms with Crippen LogP contribution in [0.1, 0.15) is 26.2 Å². The summed E-state index contributed by atoms with van der Waals surface area (Å²) < 4.78 is 58.9. The van der Waals surface area contributed by atoms with Crippen molar-refractivity contribution in [1.29, 1.82) is 0 Å². The van der Waals surface area contributed by atoms with E-state index >= 15 is 0 Å². The average Bonchev–Trinajstić information content (AvgIpc) is 2.48. The van der Waals surface area contributed by atoms with Crippen LogP contribution in [0, 0.1) is 0 Å². The standard InChI is InChI=1S/C7H15N.CHF3O3S/c1-3-7-5-4-6-8(7)2;2-1(3,4)8(5,6)7/h7H,3-6H2,1-2H3;(H,5,6,7). The highest BCUT2D eigenvalue weighted by Gasteiger charge is 2.36. The summed E-state index contributed by atoms with van der Waals surface area (Å²) in [7, 11) is -3.78. The minimum absolute atomic E-state index is 0.981. The lowest BCUT2D eigenvalue weighted by atomic mass is 10.2. The molecule has 0 saturated carbocycles. The molecule has 98 valence electrons. The first-order valence-corrected chi connectivity index (χ1v) is 6.35. The number of hydrogen-bond donors (Lipinski definition) is 1. The summed E-state index contributed by atoms with van der Waals surface area (Å²) in [5, 5.41) is 0. The first kappa shape index (κ1) is 15.7. The molecule has 0 aromatic rings. The van der Waals surface area contributed by atoms with Gasteiger partial charge in [0.25, 0.3) is 0 Å². The molecule has 1 aliphatic rings. The Bertz CT molecular complexity index is 302. The van der Waals surface area contributed by atoms with E-state index in [2.05, 4.69) is 14.0 Å². The van der Waals surface area contributed by atoms with Crippen molar-refractivity contribution < 1.29 is 31.0 Å². The largest absolute Gasteiger partial charge is 0.741 e. The van der Waals surface area contributed by atoms with Crippen molar-refractivity contribution in [3.8, 4) is 0 Å². The lowest BCUT2D eigenvalue weighted by molar-refractivity contribution is -0.892. The van der Waals surface area contributed by atoms with Crippen molar-refractivity contribution in [1.82, 2.24) is 0 Å². The van der Waals surface area contributed by atoms with Crippen LogP contribution >= 0.6 is 0 Å². The second-order valence-electron chi connectivity index (χ2n) is 3.74. The van der Waals surface area contributed by atoms with Crippen LogP contribution in [-0.4, -0.2) is 38.1 Å². The van der Waals surface area contributed by atoms with Gasteiger partial charge in [0.1, 0.15) is 0 Å². The Morgan fingerprint density at radius 1 is 1.44 bits per heavy atom. The fourth-order valence-electron chi connectivity index (χ4n) is 1.63. The Morgan fingerprint density at radius 2 is 1.88 bits per heavy atom. The van der Waals surface area contributed by atoms with Gasteiger partial charge in [-0.2, -0.15) is 13.2 Å². The predicted molar refractivity (Wildman–Crippen MR) is 50.8 cm³/mol. The highest BCUT2D eigenvalue weighted by Crippen LogP contribution is 2.20. The smallest absolute Gasteiger partial charge is 0.485 e. The number of alkyl halides is 3. The van der Waals surface area contributed by atoms with Crippen molar-refractivity contribution in [2.24, 2.45) is 0 Å². The van der Waals surface area contributed by atoms with E-state index in [0.717, 1.165) is 6.04 Å². The number of hydrogen-bond acceptors (Lipinski definition) is 3. The maximum atomic E-state index is 10.7. The van der Waals surface area contributed by atoms with E-state index in [0.29, 0.717) is 0 Å².